The molecule has 1 aromatic heterocycles. The van der Waals surface area contributed by atoms with Gasteiger partial charge in [0.25, 0.3) is 0 Å². The molecule has 1 unspecified atom stereocenters. The van der Waals surface area contributed by atoms with Crippen LogP contribution in [0.3, 0.4) is 0 Å². The van der Waals surface area contributed by atoms with Crippen molar-refractivity contribution >= 4 is 26.7 Å². The van der Waals surface area contributed by atoms with Crippen LogP contribution in [0.15, 0.2) is 59.2 Å². The topological polar surface area (TPSA) is 48.1 Å². The highest BCUT2D eigenvalue weighted by molar-refractivity contribution is 9.10. The van der Waals surface area contributed by atoms with Gasteiger partial charge in [0.1, 0.15) is 5.75 Å². The first-order chi connectivity index (χ1) is 10.1. The number of benzene rings is 2. The standard InChI is InChI=1S/C17H15BrN2O/c1-11(19)13-7-9-16(20-10-13)21-15-8-6-12-4-2-3-5-14(12)17(15)18/h2-11H,19H2,1H3. The smallest absolute Gasteiger partial charge is 0.219 e. The molecule has 0 saturated heterocycles. The number of ether oxygens (including phenoxy) is 1. The van der Waals surface area contributed by atoms with Gasteiger partial charge in [0.2, 0.25) is 5.88 Å². The fourth-order valence-electron chi connectivity index (χ4n) is 2.13. The number of pyridine rings is 1. The molecule has 0 aliphatic heterocycles. The molecule has 0 radical (unpaired) electrons. The fourth-order valence-corrected chi connectivity index (χ4v) is 2.70. The van der Waals surface area contributed by atoms with Gasteiger partial charge in [-0.15, -0.1) is 0 Å². The number of hydrogen-bond acceptors (Lipinski definition) is 3. The van der Waals surface area contributed by atoms with Crippen molar-refractivity contribution in [3.05, 3.63) is 64.8 Å². The van der Waals surface area contributed by atoms with Crippen LogP contribution >= 0.6 is 15.9 Å². The molecule has 106 valence electrons. The summed E-state index contributed by atoms with van der Waals surface area (Å²) in [5, 5.41) is 2.28. The van der Waals surface area contributed by atoms with E-state index in [0.717, 1.165) is 26.6 Å². The predicted octanol–water partition coefficient (Wildman–Crippen LogP) is 4.81. The first kappa shape index (κ1) is 14.0. The molecular formula is C17H15BrN2O. The van der Waals surface area contributed by atoms with Gasteiger partial charge >= 0.3 is 0 Å². The maximum atomic E-state index is 5.85. The van der Waals surface area contributed by atoms with Crippen LogP contribution in [0.1, 0.15) is 18.5 Å². The minimum atomic E-state index is -0.0287. The molecule has 0 amide bonds. The minimum Gasteiger partial charge on any atom is -0.438 e. The second-order valence-electron chi connectivity index (χ2n) is 4.92. The summed E-state index contributed by atoms with van der Waals surface area (Å²) in [5.41, 5.74) is 6.80. The molecule has 2 aromatic carbocycles. The summed E-state index contributed by atoms with van der Waals surface area (Å²) >= 11 is 3.60. The molecule has 3 aromatic rings. The summed E-state index contributed by atoms with van der Waals surface area (Å²) in [6.07, 6.45) is 1.74. The summed E-state index contributed by atoms with van der Waals surface area (Å²) in [6.45, 7) is 1.93. The monoisotopic (exact) mass is 342 g/mol. The lowest BCUT2D eigenvalue weighted by molar-refractivity contribution is 0.460. The van der Waals surface area contributed by atoms with Crippen LogP contribution in [-0.2, 0) is 0 Å². The van der Waals surface area contributed by atoms with Gasteiger partial charge in [0, 0.05) is 18.3 Å². The van der Waals surface area contributed by atoms with Gasteiger partial charge in [-0.25, -0.2) is 4.98 Å². The van der Waals surface area contributed by atoms with Gasteiger partial charge in [-0.05, 0) is 45.3 Å². The third kappa shape index (κ3) is 2.91. The van der Waals surface area contributed by atoms with E-state index in [-0.39, 0.29) is 6.04 Å². The van der Waals surface area contributed by atoms with Gasteiger partial charge in [0.05, 0.1) is 4.47 Å². The molecular weight excluding hydrogens is 328 g/mol. The van der Waals surface area contributed by atoms with Gasteiger partial charge in [-0.2, -0.15) is 0 Å². The van der Waals surface area contributed by atoms with E-state index < -0.39 is 0 Å². The number of aromatic nitrogens is 1. The van der Waals surface area contributed by atoms with Crippen molar-refractivity contribution < 1.29 is 4.74 Å². The van der Waals surface area contributed by atoms with Gasteiger partial charge in [0.15, 0.2) is 0 Å². The Hall–Kier alpha value is -1.91. The Bertz CT molecular complexity index is 769. The lowest BCUT2D eigenvalue weighted by Gasteiger charge is -2.10. The van der Waals surface area contributed by atoms with Crippen molar-refractivity contribution in [2.45, 2.75) is 13.0 Å². The zero-order chi connectivity index (χ0) is 14.8. The van der Waals surface area contributed by atoms with Crippen molar-refractivity contribution in [1.82, 2.24) is 4.98 Å². The van der Waals surface area contributed by atoms with Crippen LogP contribution in [0.5, 0.6) is 11.6 Å². The third-order valence-electron chi connectivity index (χ3n) is 3.33. The first-order valence-electron chi connectivity index (χ1n) is 6.72. The lowest BCUT2D eigenvalue weighted by atomic mass is 10.1. The number of nitrogens with zero attached hydrogens (tertiary/aromatic N) is 1. The van der Waals surface area contributed by atoms with Crippen LogP contribution in [-0.4, -0.2) is 4.98 Å². The van der Waals surface area contributed by atoms with Gasteiger partial charge in [-0.3, -0.25) is 0 Å². The zero-order valence-corrected chi connectivity index (χ0v) is 13.2. The Labute approximate surface area is 131 Å². The summed E-state index contributed by atoms with van der Waals surface area (Å²) in [6, 6.07) is 15.9. The number of hydrogen-bond donors (Lipinski definition) is 1. The highest BCUT2D eigenvalue weighted by atomic mass is 79.9. The van der Waals surface area contributed by atoms with E-state index in [2.05, 4.69) is 33.0 Å². The Morgan fingerprint density at radius 2 is 1.90 bits per heavy atom. The average molecular weight is 343 g/mol. The van der Waals surface area contributed by atoms with Gasteiger partial charge < -0.3 is 10.5 Å². The van der Waals surface area contributed by atoms with E-state index in [4.69, 9.17) is 10.5 Å². The maximum Gasteiger partial charge on any atom is 0.219 e. The van der Waals surface area contributed by atoms with Crippen molar-refractivity contribution in [3.8, 4) is 11.6 Å². The normalized spacial score (nSPS) is 12.3. The van der Waals surface area contributed by atoms with Gasteiger partial charge in [-0.1, -0.05) is 36.4 Å². The number of fused-ring (bicyclic) bond motifs is 1. The predicted molar refractivity (Wildman–Crippen MR) is 88.6 cm³/mol. The molecule has 1 atom stereocenters. The summed E-state index contributed by atoms with van der Waals surface area (Å²) < 4.78 is 6.78. The Morgan fingerprint density at radius 1 is 1.10 bits per heavy atom. The SMILES string of the molecule is CC(N)c1ccc(Oc2ccc3ccccc3c2Br)nc1. The number of halogens is 1. The maximum absolute atomic E-state index is 5.85. The molecule has 21 heavy (non-hydrogen) atoms. The van der Waals surface area contributed by atoms with Crippen LogP contribution < -0.4 is 10.5 Å². The fraction of sp³-hybridized carbons (Fsp3) is 0.118. The van der Waals surface area contributed by atoms with Crippen molar-refractivity contribution in [1.29, 1.82) is 0 Å². The lowest BCUT2D eigenvalue weighted by Crippen LogP contribution is -2.05. The molecule has 4 heteroatoms. The molecule has 2 N–H and O–H groups in total. The highest BCUT2D eigenvalue weighted by Gasteiger charge is 2.08. The summed E-state index contributed by atoms with van der Waals surface area (Å²) in [5.74, 6) is 1.30. The largest absolute Gasteiger partial charge is 0.438 e. The molecule has 3 nitrogen and oxygen atoms in total. The summed E-state index contributed by atoms with van der Waals surface area (Å²) in [4.78, 5) is 4.29. The van der Waals surface area contributed by atoms with Crippen molar-refractivity contribution in [2.75, 3.05) is 0 Å². The zero-order valence-electron chi connectivity index (χ0n) is 11.6. The molecule has 0 saturated carbocycles. The Balaban J connectivity index is 1.92. The van der Waals surface area contributed by atoms with Crippen LogP contribution in [0, 0.1) is 0 Å². The van der Waals surface area contributed by atoms with E-state index >= 15 is 0 Å². The quantitative estimate of drug-likeness (QED) is 0.742. The van der Waals surface area contributed by atoms with Crippen molar-refractivity contribution in [2.24, 2.45) is 5.73 Å². The van der Waals surface area contributed by atoms with Crippen LogP contribution in [0.4, 0.5) is 0 Å². The molecule has 0 bridgehead atoms. The molecule has 0 aliphatic rings. The van der Waals surface area contributed by atoms with Crippen molar-refractivity contribution in [3.63, 3.8) is 0 Å². The summed E-state index contributed by atoms with van der Waals surface area (Å²) in [7, 11) is 0. The van der Waals surface area contributed by atoms with E-state index in [1.54, 1.807) is 6.20 Å². The molecule has 0 aliphatic carbocycles. The van der Waals surface area contributed by atoms with E-state index in [1.807, 2.05) is 43.3 Å². The third-order valence-corrected chi connectivity index (χ3v) is 4.15. The second-order valence-corrected chi connectivity index (χ2v) is 5.71. The molecule has 0 fully saturated rings. The second kappa shape index (κ2) is 5.84. The Kier molecular flexibility index (Phi) is 3.90. The Morgan fingerprint density at radius 3 is 2.62 bits per heavy atom. The van der Waals surface area contributed by atoms with E-state index in [9.17, 15) is 0 Å². The molecule has 1 heterocycles. The van der Waals surface area contributed by atoms with E-state index in [0.29, 0.717) is 5.88 Å². The van der Waals surface area contributed by atoms with E-state index in [1.165, 1.54) is 0 Å². The highest BCUT2D eigenvalue weighted by Crippen LogP contribution is 2.35. The minimum absolute atomic E-state index is 0.0287. The average Bonchev–Trinajstić information content (AvgIpc) is 2.51. The van der Waals surface area contributed by atoms with Crippen LogP contribution in [0.2, 0.25) is 0 Å². The molecule has 0 spiro atoms. The van der Waals surface area contributed by atoms with Crippen LogP contribution in [0.25, 0.3) is 10.8 Å². The number of nitrogens with two attached hydrogens (primary N) is 1. The molecule has 3 rings (SSSR count). The number of rotatable bonds is 3. The first-order valence-corrected chi connectivity index (χ1v) is 7.51.